The molecule has 7 heteroatoms. The Morgan fingerprint density at radius 2 is 2.31 bits per heavy atom. The van der Waals surface area contributed by atoms with Gasteiger partial charge in [-0.1, -0.05) is 12.1 Å². The molecule has 1 aliphatic heterocycles. The molecular weight excluding hydrogens is 332 g/mol. The number of nitrogens with one attached hydrogen (secondary N) is 1. The van der Waals surface area contributed by atoms with E-state index in [1.165, 1.54) is 0 Å². The maximum Gasteiger partial charge on any atom is 0.256 e. The summed E-state index contributed by atoms with van der Waals surface area (Å²) in [6.45, 7) is 3.00. The zero-order valence-corrected chi connectivity index (χ0v) is 14.7. The summed E-state index contributed by atoms with van der Waals surface area (Å²) in [5, 5.41) is 7.18. The van der Waals surface area contributed by atoms with E-state index in [1.807, 2.05) is 31.3 Å². The van der Waals surface area contributed by atoms with E-state index in [0.717, 1.165) is 29.0 Å². The van der Waals surface area contributed by atoms with E-state index in [2.05, 4.69) is 15.4 Å². The minimum atomic E-state index is -0.173. The van der Waals surface area contributed by atoms with Crippen LogP contribution in [0.5, 0.6) is 11.5 Å². The third-order valence-corrected chi connectivity index (χ3v) is 4.53. The summed E-state index contributed by atoms with van der Waals surface area (Å²) < 4.78 is 12.8. The maximum absolute atomic E-state index is 12.5. The molecule has 3 aromatic rings. The van der Waals surface area contributed by atoms with E-state index in [1.54, 1.807) is 24.0 Å². The van der Waals surface area contributed by atoms with Gasteiger partial charge in [-0.2, -0.15) is 5.10 Å². The first kappa shape index (κ1) is 16.4. The average molecular weight is 352 g/mol. The second-order valence-electron chi connectivity index (χ2n) is 6.50. The lowest BCUT2D eigenvalue weighted by atomic mass is 9.96. The van der Waals surface area contributed by atoms with Gasteiger partial charge in [0, 0.05) is 24.9 Å². The first-order valence-electron chi connectivity index (χ1n) is 8.52. The van der Waals surface area contributed by atoms with Gasteiger partial charge in [0.2, 0.25) is 0 Å². The zero-order chi connectivity index (χ0) is 18.1. The second kappa shape index (κ2) is 6.67. The predicted molar refractivity (Wildman–Crippen MR) is 95.7 cm³/mol. The van der Waals surface area contributed by atoms with Crippen molar-refractivity contribution < 1.29 is 14.3 Å². The molecule has 7 nitrogen and oxygen atoms in total. The fraction of sp³-hybridized carbons (Fsp3) is 0.316. The number of nitrogens with zero attached hydrogens (tertiary/aromatic N) is 3. The Balaban J connectivity index is 1.43. The van der Waals surface area contributed by atoms with E-state index in [0.29, 0.717) is 24.4 Å². The van der Waals surface area contributed by atoms with Crippen LogP contribution in [0.4, 0.5) is 0 Å². The van der Waals surface area contributed by atoms with E-state index in [9.17, 15) is 4.79 Å². The molecule has 0 unspecified atom stereocenters. The van der Waals surface area contributed by atoms with Crippen molar-refractivity contribution in [1.82, 2.24) is 19.9 Å². The van der Waals surface area contributed by atoms with Gasteiger partial charge in [0.1, 0.15) is 5.56 Å². The Morgan fingerprint density at radius 1 is 1.42 bits per heavy atom. The van der Waals surface area contributed by atoms with Gasteiger partial charge in [0.25, 0.3) is 5.91 Å². The van der Waals surface area contributed by atoms with Crippen LogP contribution in [0.25, 0.3) is 5.65 Å². The lowest BCUT2D eigenvalue weighted by Gasteiger charge is -2.26. The topological polar surface area (TPSA) is 77.8 Å². The Morgan fingerprint density at radius 3 is 3.15 bits per heavy atom. The van der Waals surface area contributed by atoms with Gasteiger partial charge in [-0.05, 0) is 30.5 Å². The van der Waals surface area contributed by atoms with Crippen molar-refractivity contribution in [2.24, 2.45) is 5.92 Å². The third kappa shape index (κ3) is 2.96. The van der Waals surface area contributed by atoms with E-state index >= 15 is 0 Å². The Labute approximate surface area is 151 Å². The summed E-state index contributed by atoms with van der Waals surface area (Å²) >= 11 is 0. The molecule has 0 fully saturated rings. The highest BCUT2D eigenvalue weighted by atomic mass is 16.5. The second-order valence-corrected chi connectivity index (χ2v) is 6.50. The van der Waals surface area contributed by atoms with Crippen LogP contribution in [0.2, 0.25) is 0 Å². The number of ether oxygens (including phenoxy) is 2. The molecule has 26 heavy (non-hydrogen) atoms. The lowest BCUT2D eigenvalue weighted by Crippen LogP contribution is -2.34. The highest BCUT2D eigenvalue weighted by Gasteiger charge is 2.23. The van der Waals surface area contributed by atoms with Crippen molar-refractivity contribution in [2.75, 3.05) is 20.3 Å². The van der Waals surface area contributed by atoms with Crippen LogP contribution in [-0.4, -0.2) is 40.8 Å². The molecule has 0 radical (unpaired) electrons. The summed E-state index contributed by atoms with van der Waals surface area (Å²) in [5.41, 5.74) is 3.12. The SMILES string of the molecule is COc1cccc2c1OC[C@@H](CNC(=O)c1cnn3cc(C)cnc13)C2. The highest BCUT2D eigenvalue weighted by molar-refractivity contribution is 5.99. The average Bonchev–Trinajstić information content (AvgIpc) is 3.08. The van der Waals surface area contributed by atoms with Gasteiger partial charge in [-0.3, -0.25) is 4.79 Å². The fourth-order valence-corrected chi connectivity index (χ4v) is 3.21. The van der Waals surface area contributed by atoms with Crippen LogP contribution in [-0.2, 0) is 6.42 Å². The summed E-state index contributed by atoms with van der Waals surface area (Å²) in [6, 6.07) is 5.87. The van der Waals surface area contributed by atoms with E-state index < -0.39 is 0 Å². The third-order valence-electron chi connectivity index (χ3n) is 4.53. The van der Waals surface area contributed by atoms with E-state index in [-0.39, 0.29) is 11.8 Å². The minimum Gasteiger partial charge on any atom is -0.493 e. The molecule has 0 saturated heterocycles. The van der Waals surface area contributed by atoms with Gasteiger partial charge >= 0.3 is 0 Å². The molecule has 4 rings (SSSR count). The maximum atomic E-state index is 12.5. The van der Waals surface area contributed by atoms with Gasteiger partial charge in [-0.25, -0.2) is 9.50 Å². The molecule has 1 amide bonds. The zero-order valence-electron chi connectivity index (χ0n) is 14.7. The number of rotatable bonds is 4. The number of hydrogen-bond acceptors (Lipinski definition) is 5. The molecule has 0 bridgehead atoms. The molecular formula is C19H20N4O3. The number of amides is 1. The van der Waals surface area contributed by atoms with Crippen molar-refractivity contribution in [1.29, 1.82) is 0 Å². The molecule has 1 N–H and O–H groups in total. The minimum absolute atomic E-state index is 0.173. The summed E-state index contributed by atoms with van der Waals surface area (Å²) in [4.78, 5) is 16.8. The lowest BCUT2D eigenvalue weighted by molar-refractivity contribution is 0.0940. The number of fused-ring (bicyclic) bond motifs is 2. The van der Waals surface area contributed by atoms with Crippen molar-refractivity contribution >= 4 is 11.6 Å². The Bertz CT molecular complexity index is 967. The van der Waals surface area contributed by atoms with Crippen LogP contribution in [0.3, 0.4) is 0 Å². The first-order valence-corrected chi connectivity index (χ1v) is 8.52. The summed E-state index contributed by atoms with van der Waals surface area (Å²) in [6.07, 6.45) is 5.96. The molecule has 3 heterocycles. The monoisotopic (exact) mass is 352 g/mol. The van der Waals surface area contributed by atoms with Crippen LogP contribution in [0, 0.1) is 12.8 Å². The standard InChI is InChI=1S/C19H20N4O3/c1-12-7-20-18-15(9-22-23(18)10-12)19(24)21-8-13-6-14-4-3-5-16(25-2)17(14)26-11-13/h3-5,7,9-10,13H,6,8,11H2,1-2H3,(H,21,24)/t13-/m1/s1. The van der Waals surface area contributed by atoms with Crippen molar-refractivity contribution in [3.63, 3.8) is 0 Å². The largest absolute Gasteiger partial charge is 0.493 e. The highest BCUT2D eigenvalue weighted by Crippen LogP contribution is 2.35. The Kier molecular flexibility index (Phi) is 4.20. The number of benzene rings is 1. The van der Waals surface area contributed by atoms with Crippen molar-refractivity contribution in [3.05, 3.63) is 53.5 Å². The van der Waals surface area contributed by atoms with Gasteiger partial charge in [0.15, 0.2) is 17.1 Å². The number of carbonyl (C=O) groups excluding carboxylic acids is 1. The van der Waals surface area contributed by atoms with Crippen molar-refractivity contribution in [2.45, 2.75) is 13.3 Å². The number of hydrogen-bond donors (Lipinski definition) is 1. The molecule has 134 valence electrons. The first-order chi connectivity index (χ1) is 12.7. The summed E-state index contributed by atoms with van der Waals surface area (Å²) in [7, 11) is 1.64. The predicted octanol–water partition coefficient (Wildman–Crippen LogP) is 2.03. The number of aromatic nitrogens is 3. The molecule has 1 atom stereocenters. The Hall–Kier alpha value is -3.09. The number of carbonyl (C=O) groups is 1. The van der Waals surface area contributed by atoms with Crippen LogP contribution in [0.1, 0.15) is 21.5 Å². The molecule has 0 spiro atoms. The molecule has 1 aromatic carbocycles. The van der Waals surface area contributed by atoms with E-state index in [4.69, 9.17) is 9.47 Å². The van der Waals surface area contributed by atoms with Crippen LogP contribution in [0.15, 0.2) is 36.8 Å². The quantitative estimate of drug-likeness (QED) is 0.777. The van der Waals surface area contributed by atoms with Gasteiger partial charge < -0.3 is 14.8 Å². The molecule has 0 aliphatic carbocycles. The molecule has 2 aromatic heterocycles. The smallest absolute Gasteiger partial charge is 0.256 e. The number of methoxy groups -OCH3 is 1. The number of aryl methyl sites for hydroxylation is 1. The van der Waals surface area contributed by atoms with Crippen LogP contribution < -0.4 is 14.8 Å². The van der Waals surface area contributed by atoms with Gasteiger partial charge in [0.05, 0.1) is 19.9 Å². The van der Waals surface area contributed by atoms with Crippen molar-refractivity contribution in [3.8, 4) is 11.5 Å². The molecule has 0 saturated carbocycles. The van der Waals surface area contributed by atoms with Gasteiger partial charge in [-0.15, -0.1) is 0 Å². The fourth-order valence-electron chi connectivity index (χ4n) is 3.21. The normalized spacial score (nSPS) is 16.0. The van der Waals surface area contributed by atoms with Crippen LogP contribution >= 0.6 is 0 Å². The summed E-state index contributed by atoms with van der Waals surface area (Å²) in [5.74, 6) is 1.58. The molecule has 1 aliphatic rings. The number of para-hydroxylation sites is 1.